The number of hydrogen-bond acceptors (Lipinski definition) is 2. The topological polar surface area (TPSA) is 65.3 Å². The molecule has 2 aromatic rings. The average Bonchev–Trinajstić information content (AvgIpc) is 2.81. The van der Waals surface area contributed by atoms with Gasteiger partial charge in [0.1, 0.15) is 0 Å². The summed E-state index contributed by atoms with van der Waals surface area (Å²) in [4.78, 5) is 11.4. The Morgan fingerprint density at radius 3 is 2.38 bits per heavy atom. The molecule has 4 aliphatic carbocycles. The number of nitrogens with zero attached hydrogens (tertiary/aromatic N) is 1. The van der Waals surface area contributed by atoms with Crippen LogP contribution in [0.3, 0.4) is 0 Å². The lowest BCUT2D eigenvalue weighted by Gasteiger charge is -2.57. The fourth-order valence-corrected chi connectivity index (χ4v) is 6.47. The van der Waals surface area contributed by atoms with Crippen molar-refractivity contribution in [3.63, 3.8) is 0 Å². The van der Waals surface area contributed by atoms with Gasteiger partial charge in [-0.15, -0.1) is 0 Å². The molecule has 0 saturated heterocycles. The molecule has 1 aromatic carbocycles. The number of carbonyl (C=O) groups is 1. The minimum absolute atomic E-state index is 0.110. The van der Waals surface area contributed by atoms with Gasteiger partial charge in [0.2, 0.25) is 0 Å². The number of carboxylic acid groups (broad SMARTS) is 1. The Labute approximate surface area is 141 Å². The quantitative estimate of drug-likeness (QED) is 0.907. The van der Waals surface area contributed by atoms with Crippen molar-refractivity contribution in [3.8, 4) is 0 Å². The molecule has 4 saturated carbocycles. The number of rotatable bonds is 3. The molecule has 0 spiro atoms. The highest BCUT2D eigenvalue weighted by Gasteiger charge is 2.50. The number of aromatic nitrogens is 1. The van der Waals surface area contributed by atoms with Crippen molar-refractivity contribution in [2.24, 2.45) is 23.2 Å². The smallest absolute Gasteiger partial charge is 0.337 e. The third-order valence-electron chi connectivity index (χ3n) is 6.80. The molecule has 4 fully saturated rings. The fraction of sp³-hybridized carbons (Fsp3) is 0.550. The SMILES string of the molecule is O=C(O)c1cccc2cc(CC34CC5CC(CC(C5)C3)C4)n([O-])c12. The Hall–Kier alpha value is -1.97. The van der Waals surface area contributed by atoms with Gasteiger partial charge in [-0.05, 0) is 80.2 Å². The zero-order valence-corrected chi connectivity index (χ0v) is 13.7. The van der Waals surface area contributed by atoms with Crippen LogP contribution in [-0.4, -0.2) is 15.8 Å². The highest BCUT2D eigenvalue weighted by atomic mass is 16.5. The Kier molecular flexibility index (Phi) is 2.86. The van der Waals surface area contributed by atoms with Crippen molar-refractivity contribution in [2.75, 3.05) is 0 Å². The molecule has 0 unspecified atom stereocenters. The number of aromatic carboxylic acids is 1. The molecule has 4 aliphatic rings. The lowest BCUT2D eigenvalue weighted by atomic mass is 9.48. The molecule has 0 aliphatic heterocycles. The van der Waals surface area contributed by atoms with E-state index in [9.17, 15) is 15.1 Å². The van der Waals surface area contributed by atoms with Crippen LogP contribution in [0.2, 0.25) is 0 Å². The van der Waals surface area contributed by atoms with Gasteiger partial charge in [0, 0.05) is 11.1 Å². The van der Waals surface area contributed by atoms with E-state index in [1.54, 1.807) is 6.07 Å². The van der Waals surface area contributed by atoms with E-state index in [1.807, 2.05) is 12.1 Å². The van der Waals surface area contributed by atoms with Gasteiger partial charge in [-0.3, -0.25) is 0 Å². The zero-order chi connectivity index (χ0) is 16.5. The van der Waals surface area contributed by atoms with Crippen LogP contribution in [0.25, 0.3) is 10.9 Å². The number of hydrogen-bond donors (Lipinski definition) is 1. The first-order valence-corrected chi connectivity index (χ1v) is 9.07. The monoisotopic (exact) mass is 324 g/mol. The maximum Gasteiger partial charge on any atom is 0.337 e. The predicted molar refractivity (Wildman–Crippen MR) is 92.0 cm³/mol. The zero-order valence-electron chi connectivity index (χ0n) is 13.7. The van der Waals surface area contributed by atoms with Crippen molar-refractivity contribution in [2.45, 2.75) is 44.9 Å². The molecule has 4 nitrogen and oxygen atoms in total. The van der Waals surface area contributed by atoms with E-state index in [1.165, 1.54) is 44.6 Å². The first kappa shape index (κ1) is 14.4. The molecule has 0 atom stereocenters. The maximum absolute atomic E-state index is 12.8. The first-order chi connectivity index (χ1) is 11.5. The predicted octanol–water partition coefficient (Wildman–Crippen LogP) is 4.44. The summed E-state index contributed by atoms with van der Waals surface area (Å²) in [5.74, 6) is 1.54. The Balaban J connectivity index is 1.55. The van der Waals surface area contributed by atoms with Crippen LogP contribution < -0.4 is 0 Å². The minimum Gasteiger partial charge on any atom is -0.805 e. The van der Waals surface area contributed by atoms with Gasteiger partial charge in [0.05, 0.1) is 11.1 Å². The normalized spacial score (nSPS) is 34.1. The molecule has 1 heterocycles. The standard InChI is InChI=1S/C20H22NO3/c22-19(23)17-3-1-2-15-7-16(21(24)18(15)17)11-20-8-12-4-13(9-20)6-14(5-12)10-20/h1-3,7,12-14H,4-6,8-11H2,(H,22,23)/q-1. The molecule has 1 aromatic heterocycles. The second-order valence-electron chi connectivity index (χ2n) is 8.57. The van der Waals surface area contributed by atoms with E-state index in [0.717, 1.165) is 40.0 Å². The maximum atomic E-state index is 12.8. The molecular formula is C20H22NO3-. The molecule has 4 bridgehead atoms. The van der Waals surface area contributed by atoms with Crippen molar-refractivity contribution in [1.82, 2.24) is 4.73 Å². The van der Waals surface area contributed by atoms with Crippen molar-refractivity contribution in [3.05, 3.63) is 40.7 Å². The van der Waals surface area contributed by atoms with Gasteiger partial charge in [-0.1, -0.05) is 12.1 Å². The van der Waals surface area contributed by atoms with Crippen LogP contribution in [0.5, 0.6) is 0 Å². The van der Waals surface area contributed by atoms with Gasteiger partial charge < -0.3 is 15.0 Å². The van der Waals surface area contributed by atoms with Crippen molar-refractivity contribution < 1.29 is 9.90 Å². The van der Waals surface area contributed by atoms with Crippen LogP contribution in [-0.2, 0) is 6.42 Å². The molecule has 6 rings (SSSR count). The third kappa shape index (κ3) is 2.01. The van der Waals surface area contributed by atoms with Crippen molar-refractivity contribution in [1.29, 1.82) is 0 Å². The highest BCUT2D eigenvalue weighted by Crippen LogP contribution is 2.61. The minimum atomic E-state index is -1.03. The molecule has 1 N–H and O–H groups in total. The molecule has 126 valence electrons. The molecular weight excluding hydrogens is 302 g/mol. The number of para-hydroxylation sites is 1. The Morgan fingerprint density at radius 1 is 1.17 bits per heavy atom. The van der Waals surface area contributed by atoms with Gasteiger partial charge in [0.15, 0.2) is 0 Å². The summed E-state index contributed by atoms with van der Waals surface area (Å²) in [6.07, 6.45) is 8.76. The summed E-state index contributed by atoms with van der Waals surface area (Å²) in [5.41, 5.74) is 1.49. The lowest BCUT2D eigenvalue weighted by Crippen LogP contribution is -2.47. The second kappa shape index (κ2) is 4.78. The van der Waals surface area contributed by atoms with E-state index < -0.39 is 5.97 Å². The second-order valence-corrected chi connectivity index (χ2v) is 8.57. The largest absolute Gasteiger partial charge is 0.805 e. The Morgan fingerprint density at radius 2 is 1.79 bits per heavy atom. The number of benzene rings is 1. The summed E-state index contributed by atoms with van der Waals surface area (Å²) in [6, 6.07) is 7.01. The molecule has 24 heavy (non-hydrogen) atoms. The number of fused-ring (bicyclic) bond motifs is 1. The van der Waals surface area contributed by atoms with Crippen molar-refractivity contribution >= 4 is 16.9 Å². The van der Waals surface area contributed by atoms with Crippen LogP contribution in [0, 0.1) is 28.4 Å². The van der Waals surface area contributed by atoms with E-state index in [0.29, 0.717) is 5.52 Å². The fourth-order valence-electron chi connectivity index (χ4n) is 6.47. The van der Waals surface area contributed by atoms with Crippen LogP contribution in [0.1, 0.15) is 54.6 Å². The van der Waals surface area contributed by atoms with E-state index in [4.69, 9.17) is 0 Å². The third-order valence-corrected chi connectivity index (χ3v) is 6.80. The van der Waals surface area contributed by atoms with Gasteiger partial charge >= 0.3 is 5.97 Å². The summed E-state index contributed by atoms with van der Waals surface area (Å²) in [7, 11) is 0. The van der Waals surface area contributed by atoms with Gasteiger partial charge in [-0.2, -0.15) is 0 Å². The summed E-state index contributed by atoms with van der Waals surface area (Å²) < 4.78 is 0.900. The van der Waals surface area contributed by atoms with E-state index in [2.05, 4.69) is 0 Å². The lowest BCUT2D eigenvalue weighted by molar-refractivity contribution is -0.0528. The Bertz CT molecular complexity index is 799. The number of carboxylic acids is 1. The van der Waals surface area contributed by atoms with Gasteiger partial charge in [0.25, 0.3) is 0 Å². The summed E-state index contributed by atoms with van der Waals surface area (Å²) in [6.45, 7) is 0. The first-order valence-electron chi connectivity index (χ1n) is 9.07. The van der Waals surface area contributed by atoms with Crippen LogP contribution in [0.4, 0.5) is 0 Å². The summed E-state index contributed by atoms with van der Waals surface area (Å²) in [5, 5.41) is 23.0. The average molecular weight is 324 g/mol. The van der Waals surface area contributed by atoms with Crippen LogP contribution in [0.15, 0.2) is 24.3 Å². The van der Waals surface area contributed by atoms with Crippen LogP contribution >= 0.6 is 0 Å². The summed E-state index contributed by atoms with van der Waals surface area (Å²) >= 11 is 0. The van der Waals surface area contributed by atoms with Gasteiger partial charge in [-0.25, -0.2) is 4.79 Å². The van der Waals surface area contributed by atoms with E-state index in [-0.39, 0.29) is 11.0 Å². The molecule has 4 heteroatoms. The molecule has 0 radical (unpaired) electrons. The highest BCUT2D eigenvalue weighted by molar-refractivity contribution is 6.02. The van der Waals surface area contributed by atoms with E-state index >= 15 is 0 Å². The molecule has 0 amide bonds.